The van der Waals surface area contributed by atoms with E-state index in [4.69, 9.17) is 9.82 Å². The molecule has 4 aromatic rings. The quantitative estimate of drug-likeness (QED) is 0.500. The second-order valence-electron chi connectivity index (χ2n) is 6.71. The maximum atomic E-state index is 5.55. The molecule has 0 amide bonds. The van der Waals surface area contributed by atoms with Gasteiger partial charge in [-0.05, 0) is 17.0 Å². The number of nitrogens with one attached hydrogen (secondary N) is 2. The van der Waals surface area contributed by atoms with Crippen LogP contribution in [-0.2, 0) is 24.4 Å². The Hall–Kier alpha value is -2.33. The second-order valence-corrected chi connectivity index (χ2v) is 8.74. The lowest BCUT2D eigenvalue weighted by molar-refractivity contribution is -0.895. The van der Waals surface area contributed by atoms with E-state index in [1.807, 2.05) is 17.5 Å². The van der Waals surface area contributed by atoms with Crippen LogP contribution in [0.4, 0.5) is 0 Å². The highest BCUT2D eigenvalue weighted by atomic mass is 32.1. The van der Waals surface area contributed by atoms with Gasteiger partial charge in [-0.2, -0.15) is 0 Å². The van der Waals surface area contributed by atoms with Gasteiger partial charge in [-0.15, -0.1) is 27.8 Å². The normalized spacial score (nSPS) is 16.7. The summed E-state index contributed by atoms with van der Waals surface area (Å²) in [5.41, 5.74) is 5.87. The smallest absolute Gasteiger partial charge is 0.180 e. The third kappa shape index (κ3) is 3.02. The van der Waals surface area contributed by atoms with E-state index in [-0.39, 0.29) is 6.61 Å². The number of aromatic nitrogens is 4. The molecule has 138 valence electrons. The van der Waals surface area contributed by atoms with Gasteiger partial charge in [0.1, 0.15) is 24.3 Å². The van der Waals surface area contributed by atoms with E-state index in [1.165, 1.54) is 15.3 Å². The highest BCUT2D eigenvalue weighted by Crippen LogP contribution is 2.33. The molecule has 0 fully saturated rings. The lowest BCUT2D eigenvalue weighted by Crippen LogP contribution is -3.08. The van der Waals surface area contributed by atoms with Gasteiger partial charge in [-0.3, -0.25) is 10.3 Å². The molecular formula is C18H19N6OS2+. The average molecular weight is 400 g/mol. The number of hydroxylamine groups is 1. The van der Waals surface area contributed by atoms with E-state index in [0.717, 1.165) is 45.9 Å². The molecule has 27 heavy (non-hydrogen) atoms. The van der Waals surface area contributed by atoms with Crippen LogP contribution in [0.1, 0.15) is 21.1 Å². The maximum absolute atomic E-state index is 5.55. The molecule has 0 aliphatic carbocycles. The van der Waals surface area contributed by atoms with Crippen molar-refractivity contribution in [2.45, 2.75) is 19.6 Å². The number of quaternary nitrogens is 1. The van der Waals surface area contributed by atoms with Gasteiger partial charge in [0.15, 0.2) is 11.5 Å². The fourth-order valence-electron chi connectivity index (χ4n) is 3.40. The van der Waals surface area contributed by atoms with Crippen LogP contribution in [0.3, 0.4) is 0 Å². The molecule has 0 saturated carbocycles. The maximum Gasteiger partial charge on any atom is 0.180 e. The summed E-state index contributed by atoms with van der Waals surface area (Å²) in [4.78, 5) is 19.9. The Morgan fingerprint density at radius 3 is 3.26 bits per heavy atom. The topological polar surface area (TPSA) is 68.8 Å². The summed E-state index contributed by atoms with van der Waals surface area (Å²) in [7, 11) is 2.24. The van der Waals surface area contributed by atoms with Gasteiger partial charge < -0.3 is 4.90 Å². The van der Waals surface area contributed by atoms with Crippen molar-refractivity contribution in [1.82, 2.24) is 25.1 Å². The predicted octanol–water partition coefficient (Wildman–Crippen LogP) is 1.66. The van der Waals surface area contributed by atoms with E-state index in [9.17, 15) is 0 Å². The van der Waals surface area contributed by atoms with Crippen molar-refractivity contribution in [2.75, 3.05) is 13.6 Å². The Balaban J connectivity index is 1.40. The third-order valence-corrected chi connectivity index (χ3v) is 6.80. The van der Waals surface area contributed by atoms with E-state index in [1.54, 1.807) is 33.5 Å². The number of hydrogen-bond acceptors (Lipinski definition) is 7. The number of rotatable bonds is 5. The first kappa shape index (κ1) is 16.8. The standard InChI is InChI=1S/C18H18N6OS2/c1-11(13-4-3-7-26-13)22-25-9-15-20-17-16-12-5-6-23(2)8-14(12)27-18(16)19-10-24(17)21-15/h3-4,7,10,22H,1,5-6,8-9H2,2H3/p+1. The molecule has 5 heterocycles. The van der Waals surface area contributed by atoms with E-state index < -0.39 is 0 Å². The number of thiophene rings is 2. The van der Waals surface area contributed by atoms with E-state index in [0.29, 0.717) is 5.82 Å². The molecule has 2 N–H and O–H groups in total. The molecule has 1 aliphatic heterocycles. The average Bonchev–Trinajstić information content (AvgIpc) is 3.38. The van der Waals surface area contributed by atoms with Crippen molar-refractivity contribution in [3.8, 4) is 0 Å². The monoisotopic (exact) mass is 399 g/mol. The number of nitrogens with zero attached hydrogens (tertiary/aromatic N) is 4. The first-order chi connectivity index (χ1) is 13.2. The summed E-state index contributed by atoms with van der Waals surface area (Å²) in [5, 5.41) is 7.67. The van der Waals surface area contributed by atoms with Crippen LogP contribution in [0.2, 0.25) is 0 Å². The molecule has 0 radical (unpaired) electrons. The molecule has 1 aliphatic rings. The predicted molar refractivity (Wildman–Crippen MR) is 107 cm³/mol. The highest BCUT2D eigenvalue weighted by Gasteiger charge is 2.24. The Morgan fingerprint density at radius 1 is 1.48 bits per heavy atom. The summed E-state index contributed by atoms with van der Waals surface area (Å²) >= 11 is 3.39. The third-order valence-electron chi connectivity index (χ3n) is 4.73. The van der Waals surface area contributed by atoms with Crippen LogP contribution in [0, 0.1) is 0 Å². The zero-order chi connectivity index (χ0) is 18.4. The van der Waals surface area contributed by atoms with Crippen molar-refractivity contribution in [1.29, 1.82) is 0 Å². The van der Waals surface area contributed by atoms with E-state index in [2.05, 4.69) is 29.2 Å². The lowest BCUT2D eigenvalue weighted by Gasteiger charge is -2.19. The van der Waals surface area contributed by atoms with Gasteiger partial charge in [0.2, 0.25) is 0 Å². The summed E-state index contributed by atoms with van der Waals surface area (Å²) in [6, 6.07) is 3.98. The van der Waals surface area contributed by atoms with Crippen LogP contribution in [0.15, 0.2) is 30.4 Å². The summed E-state index contributed by atoms with van der Waals surface area (Å²) in [6.45, 7) is 6.43. The van der Waals surface area contributed by atoms with Gasteiger partial charge in [-0.1, -0.05) is 12.6 Å². The fourth-order valence-corrected chi connectivity index (χ4v) is 5.34. The van der Waals surface area contributed by atoms with Crippen molar-refractivity contribution < 1.29 is 9.74 Å². The Labute approximate surface area is 163 Å². The largest absolute Gasteiger partial charge is 0.333 e. The zero-order valence-electron chi connectivity index (χ0n) is 14.9. The number of fused-ring (bicyclic) bond motifs is 5. The first-order valence-electron chi connectivity index (χ1n) is 8.75. The molecule has 0 aromatic carbocycles. The molecule has 9 heteroatoms. The summed E-state index contributed by atoms with van der Waals surface area (Å²) in [6.07, 6.45) is 2.80. The molecule has 0 bridgehead atoms. The molecular weight excluding hydrogens is 380 g/mol. The minimum Gasteiger partial charge on any atom is -0.333 e. The Kier molecular flexibility index (Phi) is 4.16. The van der Waals surface area contributed by atoms with Crippen molar-refractivity contribution in [3.05, 3.63) is 51.6 Å². The first-order valence-corrected chi connectivity index (χ1v) is 10.4. The number of hydrogen-bond donors (Lipinski definition) is 2. The van der Waals surface area contributed by atoms with Gasteiger partial charge in [0.25, 0.3) is 0 Å². The second kappa shape index (κ2) is 6.68. The molecule has 7 nitrogen and oxygen atoms in total. The molecule has 5 rings (SSSR count). The van der Waals surface area contributed by atoms with Crippen molar-refractivity contribution in [3.63, 3.8) is 0 Å². The Bertz CT molecular complexity index is 1130. The lowest BCUT2D eigenvalue weighted by atomic mass is 10.1. The SMILES string of the molecule is C=C(NOCc1nc2c3c4c(sc3ncn2n1)C[NH+](C)CC4)c1cccs1. The zero-order valence-corrected chi connectivity index (χ0v) is 16.5. The highest BCUT2D eigenvalue weighted by molar-refractivity contribution is 7.19. The minimum atomic E-state index is 0.257. The molecule has 0 saturated heterocycles. The molecule has 1 atom stereocenters. The van der Waals surface area contributed by atoms with Crippen LogP contribution in [-0.4, -0.2) is 33.2 Å². The van der Waals surface area contributed by atoms with E-state index >= 15 is 0 Å². The molecule has 0 spiro atoms. The van der Waals surface area contributed by atoms with Crippen molar-refractivity contribution in [2.24, 2.45) is 0 Å². The van der Waals surface area contributed by atoms with Crippen molar-refractivity contribution >= 4 is 44.2 Å². The van der Waals surface area contributed by atoms with Crippen LogP contribution in [0.5, 0.6) is 0 Å². The van der Waals surface area contributed by atoms with Gasteiger partial charge in [0.05, 0.1) is 34.4 Å². The van der Waals surface area contributed by atoms with Crippen LogP contribution < -0.4 is 10.4 Å². The fraction of sp³-hybridized carbons (Fsp3) is 0.278. The van der Waals surface area contributed by atoms with Crippen LogP contribution in [0.25, 0.3) is 21.6 Å². The summed E-state index contributed by atoms with van der Waals surface area (Å²) in [5.74, 6) is 0.620. The van der Waals surface area contributed by atoms with Gasteiger partial charge >= 0.3 is 0 Å². The summed E-state index contributed by atoms with van der Waals surface area (Å²) < 4.78 is 1.76. The molecule has 1 unspecified atom stereocenters. The van der Waals surface area contributed by atoms with Gasteiger partial charge in [-0.25, -0.2) is 14.5 Å². The number of likely N-dealkylation sites (N-methyl/N-ethyl adjacent to an activating group) is 1. The van der Waals surface area contributed by atoms with Crippen LogP contribution >= 0.6 is 22.7 Å². The Morgan fingerprint density at radius 2 is 2.41 bits per heavy atom. The van der Waals surface area contributed by atoms with Gasteiger partial charge in [0, 0.05) is 6.42 Å². The minimum absolute atomic E-state index is 0.257. The molecule has 4 aromatic heterocycles.